The molecule has 0 heterocycles. The molecular weight excluding hydrogens is 234 g/mol. The highest BCUT2D eigenvalue weighted by Gasteiger charge is 2.39. The van der Waals surface area contributed by atoms with Crippen LogP contribution in [0.1, 0.15) is 58.8 Å². The van der Waals surface area contributed by atoms with Crippen molar-refractivity contribution in [3.63, 3.8) is 0 Å². The standard InChI is InChI=1S/C14H26ClNO/c1-3-12(7-10-15)11-16-13(17)14(4-2)8-5-6-9-14/h12H,3-11H2,1-2H3,(H,16,17). The predicted octanol–water partition coefficient (Wildman–Crippen LogP) is 3.73. The van der Waals surface area contributed by atoms with E-state index in [0.29, 0.717) is 11.8 Å². The Balaban J connectivity index is 2.42. The summed E-state index contributed by atoms with van der Waals surface area (Å²) >= 11 is 5.76. The van der Waals surface area contributed by atoms with Gasteiger partial charge in [-0.25, -0.2) is 0 Å². The first-order chi connectivity index (χ1) is 8.18. The smallest absolute Gasteiger partial charge is 0.226 e. The van der Waals surface area contributed by atoms with E-state index in [-0.39, 0.29) is 11.3 Å². The highest BCUT2D eigenvalue weighted by molar-refractivity contribution is 6.17. The molecule has 1 unspecified atom stereocenters. The van der Waals surface area contributed by atoms with Crippen LogP contribution in [0.4, 0.5) is 0 Å². The second kappa shape index (κ2) is 7.25. The molecule has 1 rings (SSSR count). The van der Waals surface area contributed by atoms with Gasteiger partial charge in [-0.1, -0.05) is 33.1 Å². The van der Waals surface area contributed by atoms with Gasteiger partial charge in [-0.15, -0.1) is 11.6 Å². The van der Waals surface area contributed by atoms with Crippen LogP contribution in [0.25, 0.3) is 0 Å². The number of rotatable bonds is 7. The Labute approximate surface area is 110 Å². The highest BCUT2D eigenvalue weighted by Crippen LogP contribution is 2.41. The maximum Gasteiger partial charge on any atom is 0.226 e. The third kappa shape index (κ3) is 3.87. The van der Waals surface area contributed by atoms with Crippen molar-refractivity contribution in [3.05, 3.63) is 0 Å². The van der Waals surface area contributed by atoms with E-state index in [1.165, 1.54) is 12.8 Å². The van der Waals surface area contributed by atoms with Gasteiger partial charge in [0, 0.05) is 17.8 Å². The summed E-state index contributed by atoms with van der Waals surface area (Å²) in [7, 11) is 0. The maximum atomic E-state index is 12.3. The molecule has 1 N–H and O–H groups in total. The normalized spacial score (nSPS) is 20.2. The van der Waals surface area contributed by atoms with Gasteiger partial charge < -0.3 is 5.32 Å². The fourth-order valence-corrected chi connectivity index (χ4v) is 3.13. The molecule has 1 atom stereocenters. The third-order valence-electron chi connectivity index (χ3n) is 4.37. The first-order valence-corrected chi connectivity index (χ1v) is 7.56. The Morgan fingerprint density at radius 1 is 1.35 bits per heavy atom. The summed E-state index contributed by atoms with van der Waals surface area (Å²) in [6, 6.07) is 0. The number of alkyl halides is 1. The lowest BCUT2D eigenvalue weighted by Gasteiger charge is -2.27. The van der Waals surface area contributed by atoms with Crippen molar-refractivity contribution in [1.82, 2.24) is 5.32 Å². The fraction of sp³-hybridized carbons (Fsp3) is 0.929. The minimum atomic E-state index is -0.0563. The van der Waals surface area contributed by atoms with E-state index in [4.69, 9.17) is 11.6 Å². The summed E-state index contributed by atoms with van der Waals surface area (Å²) in [5, 5.41) is 3.15. The monoisotopic (exact) mass is 259 g/mol. The van der Waals surface area contributed by atoms with Gasteiger partial charge in [0.15, 0.2) is 0 Å². The van der Waals surface area contributed by atoms with Crippen molar-refractivity contribution in [2.75, 3.05) is 12.4 Å². The molecule has 17 heavy (non-hydrogen) atoms. The van der Waals surface area contributed by atoms with Crippen LogP contribution in [0.2, 0.25) is 0 Å². The number of hydrogen-bond donors (Lipinski definition) is 1. The zero-order chi connectivity index (χ0) is 12.7. The van der Waals surface area contributed by atoms with E-state index >= 15 is 0 Å². The molecule has 2 nitrogen and oxygen atoms in total. The predicted molar refractivity (Wildman–Crippen MR) is 73.3 cm³/mol. The van der Waals surface area contributed by atoms with Crippen LogP contribution < -0.4 is 5.32 Å². The van der Waals surface area contributed by atoms with Gasteiger partial charge in [-0.2, -0.15) is 0 Å². The molecule has 3 heteroatoms. The van der Waals surface area contributed by atoms with Crippen LogP contribution in [0, 0.1) is 11.3 Å². The number of nitrogens with one attached hydrogen (secondary N) is 1. The second-order valence-corrected chi connectivity index (χ2v) is 5.68. The Bertz CT molecular complexity index is 236. The van der Waals surface area contributed by atoms with Gasteiger partial charge in [0.2, 0.25) is 5.91 Å². The molecule has 1 amide bonds. The Hall–Kier alpha value is -0.240. The van der Waals surface area contributed by atoms with Crippen molar-refractivity contribution in [3.8, 4) is 0 Å². The summed E-state index contributed by atoms with van der Waals surface area (Å²) in [5.41, 5.74) is -0.0563. The second-order valence-electron chi connectivity index (χ2n) is 5.30. The number of amides is 1. The summed E-state index contributed by atoms with van der Waals surface area (Å²) in [5.74, 6) is 1.50. The molecule has 0 bridgehead atoms. The molecule has 0 spiro atoms. The summed E-state index contributed by atoms with van der Waals surface area (Å²) in [6.07, 6.45) is 7.62. The van der Waals surface area contributed by atoms with Gasteiger partial charge in [0.05, 0.1) is 0 Å². The Kier molecular flexibility index (Phi) is 6.32. The quantitative estimate of drug-likeness (QED) is 0.694. The number of halogens is 1. The highest BCUT2D eigenvalue weighted by atomic mass is 35.5. The minimum absolute atomic E-state index is 0.0563. The van der Waals surface area contributed by atoms with Crippen molar-refractivity contribution >= 4 is 17.5 Å². The van der Waals surface area contributed by atoms with E-state index in [1.54, 1.807) is 0 Å². The Morgan fingerprint density at radius 2 is 2.00 bits per heavy atom. The van der Waals surface area contributed by atoms with Crippen LogP contribution in [0.3, 0.4) is 0 Å². The average molecular weight is 260 g/mol. The third-order valence-corrected chi connectivity index (χ3v) is 4.58. The van der Waals surface area contributed by atoms with E-state index in [0.717, 1.165) is 38.6 Å². The van der Waals surface area contributed by atoms with Crippen molar-refractivity contribution in [1.29, 1.82) is 0 Å². The van der Waals surface area contributed by atoms with Crippen LogP contribution in [-0.4, -0.2) is 18.3 Å². The molecule has 1 aliphatic carbocycles. The van der Waals surface area contributed by atoms with Crippen LogP contribution in [-0.2, 0) is 4.79 Å². The summed E-state index contributed by atoms with van der Waals surface area (Å²) in [6.45, 7) is 5.10. The summed E-state index contributed by atoms with van der Waals surface area (Å²) in [4.78, 5) is 12.3. The fourth-order valence-electron chi connectivity index (χ4n) is 2.82. The van der Waals surface area contributed by atoms with Gasteiger partial charge in [0.1, 0.15) is 0 Å². The van der Waals surface area contributed by atoms with Crippen molar-refractivity contribution in [2.24, 2.45) is 11.3 Å². The zero-order valence-corrected chi connectivity index (χ0v) is 12.0. The van der Waals surface area contributed by atoms with Gasteiger partial charge in [-0.3, -0.25) is 4.79 Å². The van der Waals surface area contributed by atoms with E-state index < -0.39 is 0 Å². The van der Waals surface area contributed by atoms with Crippen molar-refractivity contribution in [2.45, 2.75) is 58.8 Å². The Morgan fingerprint density at radius 3 is 2.47 bits per heavy atom. The molecule has 0 aromatic rings. The first kappa shape index (κ1) is 14.8. The molecular formula is C14H26ClNO. The molecule has 0 aromatic carbocycles. The average Bonchev–Trinajstić information content (AvgIpc) is 2.84. The zero-order valence-electron chi connectivity index (χ0n) is 11.2. The molecule has 100 valence electrons. The SMILES string of the molecule is CCC(CCCl)CNC(=O)C1(CC)CCCC1. The van der Waals surface area contributed by atoms with Gasteiger partial charge in [-0.05, 0) is 31.6 Å². The number of carbonyl (C=O) groups excluding carboxylic acids is 1. The van der Waals surface area contributed by atoms with Crippen LogP contribution in [0.15, 0.2) is 0 Å². The molecule has 0 aromatic heterocycles. The summed E-state index contributed by atoms with van der Waals surface area (Å²) < 4.78 is 0. The topological polar surface area (TPSA) is 29.1 Å². The van der Waals surface area contributed by atoms with E-state index in [1.807, 2.05) is 0 Å². The maximum absolute atomic E-state index is 12.3. The molecule has 0 radical (unpaired) electrons. The molecule has 1 fully saturated rings. The van der Waals surface area contributed by atoms with E-state index in [2.05, 4.69) is 19.2 Å². The van der Waals surface area contributed by atoms with Crippen LogP contribution >= 0.6 is 11.6 Å². The van der Waals surface area contributed by atoms with E-state index in [9.17, 15) is 4.79 Å². The van der Waals surface area contributed by atoms with Gasteiger partial charge >= 0.3 is 0 Å². The molecule has 0 saturated heterocycles. The van der Waals surface area contributed by atoms with Crippen LogP contribution in [0.5, 0.6) is 0 Å². The lowest BCUT2D eigenvalue weighted by molar-refractivity contribution is -0.131. The number of hydrogen-bond acceptors (Lipinski definition) is 1. The van der Waals surface area contributed by atoms with Crippen molar-refractivity contribution < 1.29 is 4.79 Å². The molecule has 1 aliphatic rings. The first-order valence-electron chi connectivity index (χ1n) is 7.02. The largest absolute Gasteiger partial charge is 0.355 e. The minimum Gasteiger partial charge on any atom is -0.355 e. The lowest BCUT2D eigenvalue weighted by atomic mass is 9.82. The molecule has 1 saturated carbocycles. The lowest BCUT2D eigenvalue weighted by Crippen LogP contribution is -2.41. The number of carbonyl (C=O) groups is 1. The van der Waals surface area contributed by atoms with Gasteiger partial charge in [0.25, 0.3) is 0 Å². The molecule has 0 aliphatic heterocycles.